The van der Waals surface area contributed by atoms with Crippen LogP contribution in [0, 0.1) is 6.92 Å². The zero-order valence-corrected chi connectivity index (χ0v) is 13.2. The molecule has 116 valence electrons. The second kappa shape index (κ2) is 6.94. The number of benzene rings is 1. The van der Waals surface area contributed by atoms with Crippen LogP contribution in [0.5, 0.6) is 0 Å². The molecule has 2 N–H and O–H groups in total. The lowest BCUT2D eigenvalue weighted by atomic mass is 10.2. The zero-order valence-electron chi connectivity index (χ0n) is 12.5. The lowest BCUT2D eigenvalue weighted by molar-refractivity contribution is 0.120. The SMILES string of the molecule is Cc1nc(NCC2CCCO2)cc(Nc2ccccc2Cl)n1. The Morgan fingerprint density at radius 1 is 1.27 bits per heavy atom. The van der Waals surface area contributed by atoms with E-state index in [0.29, 0.717) is 10.8 Å². The molecule has 1 fully saturated rings. The van der Waals surface area contributed by atoms with Gasteiger partial charge < -0.3 is 15.4 Å². The minimum absolute atomic E-state index is 0.273. The topological polar surface area (TPSA) is 59.1 Å². The summed E-state index contributed by atoms with van der Waals surface area (Å²) in [5.74, 6) is 2.21. The normalized spacial score (nSPS) is 17.5. The summed E-state index contributed by atoms with van der Waals surface area (Å²) in [5.41, 5.74) is 0.826. The van der Waals surface area contributed by atoms with Crippen LogP contribution in [0.25, 0.3) is 0 Å². The van der Waals surface area contributed by atoms with E-state index in [2.05, 4.69) is 20.6 Å². The number of aromatic nitrogens is 2. The molecular weight excluding hydrogens is 300 g/mol. The summed E-state index contributed by atoms with van der Waals surface area (Å²) in [4.78, 5) is 8.81. The first-order valence-electron chi connectivity index (χ1n) is 7.43. The Kier molecular flexibility index (Phi) is 4.75. The summed E-state index contributed by atoms with van der Waals surface area (Å²) < 4.78 is 5.61. The molecule has 22 heavy (non-hydrogen) atoms. The number of hydrogen-bond acceptors (Lipinski definition) is 5. The van der Waals surface area contributed by atoms with Gasteiger partial charge in [0.1, 0.15) is 17.5 Å². The van der Waals surface area contributed by atoms with E-state index in [1.165, 1.54) is 0 Å². The van der Waals surface area contributed by atoms with Crippen LogP contribution in [-0.2, 0) is 4.74 Å². The van der Waals surface area contributed by atoms with Gasteiger partial charge in [0.15, 0.2) is 0 Å². The summed E-state index contributed by atoms with van der Waals surface area (Å²) in [7, 11) is 0. The number of para-hydroxylation sites is 1. The number of anilines is 3. The standard InChI is InChI=1S/C16H19ClN4O/c1-11-19-15(18-10-12-5-4-8-22-12)9-16(20-11)21-14-7-3-2-6-13(14)17/h2-3,6-7,9,12H,4-5,8,10H2,1H3,(H2,18,19,20,21). The van der Waals surface area contributed by atoms with Gasteiger partial charge in [0.05, 0.1) is 16.8 Å². The van der Waals surface area contributed by atoms with Gasteiger partial charge in [-0.25, -0.2) is 9.97 Å². The third kappa shape index (κ3) is 3.87. The molecule has 3 rings (SSSR count). The number of nitrogens with zero attached hydrogens (tertiary/aromatic N) is 2. The first-order valence-corrected chi connectivity index (χ1v) is 7.81. The summed E-state index contributed by atoms with van der Waals surface area (Å²) in [5, 5.41) is 7.21. The van der Waals surface area contributed by atoms with Crippen molar-refractivity contribution in [3.05, 3.63) is 41.2 Å². The second-order valence-corrected chi connectivity index (χ2v) is 5.71. The molecule has 1 aliphatic rings. The number of hydrogen-bond donors (Lipinski definition) is 2. The molecule has 5 nitrogen and oxygen atoms in total. The molecule has 0 spiro atoms. The third-order valence-electron chi connectivity index (χ3n) is 3.51. The van der Waals surface area contributed by atoms with E-state index in [-0.39, 0.29) is 6.10 Å². The number of halogens is 1. The monoisotopic (exact) mass is 318 g/mol. The quantitative estimate of drug-likeness (QED) is 0.878. The average molecular weight is 319 g/mol. The van der Waals surface area contributed by atoms with Crippen LogP contribution in [0.2, 0.25) is 5.02 Å². The Morgan fingerprint density at radius 3 is 2.86 bits per heavy atom. The maximum Gasteiger partial charge on any atom is 0.136 e. The van der Waals surface area contributed by atoms with E-state index in [0.717, 1.165) is 43.3 Å². The van der Waals surface area contributed by atoms with Gasteiger partial charge in [0.25, 0.3) is 0 Å². The molecule has 1 unspecified atom stereocenters. The molecule has 1 aromatic carbocycles. The van der Waals surface area contributed by atoms with Crippen molar-refractivity contribution in [1.29, 1.82) is 0 Å². The molecule has 0 amide bonds. The average Bonchev–Trinajstić information content (AvgIpc) is 3.00. The minimum Gasteiger partial charge on any atom is -0.376 e. The highest BCUT2D eigenvalue weighted by Gasteiger charge is 2.15. The van der Waals surface area contributed by atoms with Gasteiger partial charge in [-0.15, -0.1) is 0 Å². The van der Waals surface area contributed by atoms with E-state index < -0.39 is 0 Å². The summed E-state index contributed by atoms with van der Waals surface area (Å²) in [6, 6.07) is 9.46. The first-order chi connectivity index (χ1) is 10.7. The molecular formula is C16H19ClN4O. The molecule has 2 heterocycles. The molecule has 0 saturated carbocycles. The Bertz CT molecular complexity index is 644. The highest BCUT2D eigenvalue weighted by molar-refractivity contribution is 6.33. The second-order valence-electron chi connectivity index (χ2n) is 5.31. The van der Waals surface area contributed by atoms with Gasteiger partial charge in [0, 0.05) is 19.2 Å². The maximum atomic E-state index is 6.16. The Hall–Kier alpha value is -1.85. The minimum atomic E-state index is 0.273. The van der Waals surface area contributed by atoms with E-state index in [1.807, 2.05) is 37.3 Å². The van der Waals surface area contributed by atoms with Crippen molar-refractivity contribution in [2.75, 3.05) is 23.8 Å². The fourth-order valence-corrected chi connectivity index (χ4v) is 2.63. The number of rotatable bonds is 5. The van der Waals surface area contributed by atoms with Crippen molar-refractivity contribution >= 4 is 28.9 Å². The molecule has 2 aromatic rings. The van der Waals surface area contributed by atoms with Crippen LogP contribution in [-0.4, -0.2) is 29.2 Å². The van der Waals surface area contributed by atoms with E-state index >= 15 is 0 Å². The highest BCUT2D eigenvalue weighted by atomic mass is 35.5. The number of ether oxygens (including phenoxy) is 1. The third-order valence-corrected chi connectivity index (χ3v) is 3.84. The van der Waals surface area contributed by atoms with Crippen molar-refractivity contribution in [3.63, 3.8) is 0 Å². The smallest absolute Gasteiger partial charge is 0.136 e. The molecule has 1 aromatic heterocycles. The summed E-state index contributed by atoms with van der Waals surface area (Å²) in [6.07, 6.45) is 2.51. The van der Waals surface area contributed by atoms with Crippen LogP contribution in [0.4, 0.5) is 17.3 Å². The molecule has 0 bridgehead atoms. The Balaban J connectivity index is 1.70. The number of aryl methyl sites for hydroxylation is 1. The first kappa shape index (κ1) is 15.1. The number of nitrogens with one attached hydrogen (secondary N) is 2. The van der Waals surface area contributed by atoms with Crippen molar-refractivity contribution in [2.24, 2.45) is 0 Å². The van der Waals surface area contributed by atoms with E-state index in [9.17, 15) is 0 Å². The van der Waals surface area contributed by atoms with Crippen molar-refractivity contribution in [1.82, 2.24) is 9.97 Å². The van der Waals surface area contributed by atoms with Crippen LogP contribution in [0.15, 0.2) is 30.3 Å². The maximum absolute atomic E-state index is 6.16. The molecule has 0 aliphatic carbocycles. The fourth-order valence-electron chi connectivity index (χ4n) is 2.45. The highest BCUT2D eigenvalue weighted by Crippen LogP contribution is 2.25. The van der Waals surface area contributed by atoms with Gasteiger partial charge in [-0.05, 0) is 31.9 Å². The summed E-state index contributed by atoms with van der Waals surface area (Å²) in [6.45, 7) is 3.49. The summed E-state index contributed by atoms with van der Waals surface area (Å²) >= 11 is 6.16. The lowest BCUT2D eigenvalue weighted by Crippen LogP contribution is -2.19. The van der Waals surface area contributed by atoms with Crippen molar-refractivity contribution < 1.29 is 4.74 Å². The molecule has 0 radical (unpaired) electrons. The lowest BCUT2D eigenvalue weighted by Gasteiger charge is -2.13. The van der Waals surface area contributed by atoms with E-state index in [4.69, 9.17) is 16.3 Å². The van der Waals surface area contributed by atoms with Gasteiger partial charge in [0.2, 0.25) is 0 Å². The predicted octanol–water partition coefficient (Wildman–Crippen LogP) is 3.77. The molecule has 6 heteroatoms. The van der Waals surface area contributed by atoms with Gasteiger partial charge >= 0.3 is 0 Å². The fraction of sp³-hybridized carbons (Fsp3) is 0.375. The van der Waals surface area contributed by atoms with Gasteiger partial charge in [-0.3, -0.25) is 0 Å². The van der Waals surface area contributed by atoms with Crippen molar-refractivity contribution in [3.8, 4) is 0 Å². The van der Waals surface area contributed by atoms with E-state index in [1.54, 1.807) is 0 Å². The molecule has 1 aliphatic heterocycles. The largest absolute Gasteiger partial charge is 0.376 e. The molecule has 1 saturated heterocycles. The van der Waals surface area contributed by atoms with Crippen LogP contribution in [0.1, 0.15) is 18.7 Å². The molecule has 1 atom stereocenters. The Labute approximate surface area is 135 Å². The van der Waals surface area contributed by atoms with Gasteiger partial charge in [-0.1, -0.05) is 23.7 Å². The zero-order chi connectivity index (χ0) is 15.4. The van der Waals surface area contributed by atoms with Crippen molar-refractivity contribution in [2.45, 2.75) is 25.9 Å². The van der Waals surface area contributed by atoms with Gasteiger partial charge in [-0.2, -0.15) is 0 Å². The van der Waals surface area contributed by atoms with Crippen LogP contribution in [0.3, 0.4) is 0 Å². The predicted molar refractivity (Wildman–Crippen MR) is 89.0 cm³/mol. The Morgan fingerprint density at radius 2 is 2.09 bits per heavy atom. The van der Waals surface area contributed by atoms with Crippen LogP contribution >= 0.6 is 11.6 Å². The van der Waals surface area contributed by atoms with Crippen LogP contribution < -0.4 is 10.6 Å².